The topological polar surface area (TPSA) is 156 Å². The molecular weight excluding hydrogens is 485 g/mol. The van der Waals surface area contributed by atoms with Gasteiger partial charge in [0.1, 0.15) is 17.2 Å². The zero-order valence-electron chi connectivity index (χ0n) is 19.4. The van der Waals surface area contributed by atoms with Crippen LogP contribution in [0.1, 0.15) is 66.1 Å². The molecule has 1 aliphatic carbocycles. The van der Waals surface area contributed by atoms with Crippen molar-refractivity contribution in [3.63, 3.8) is 0 Å². The number of aryl methyl sites for hydroxylation is 2. The standard InChI is InChI=1S/C25H20FN5O6/c1-12-8-13(2-6-17(12)26)11-27-22(33)20-10-19(29-24-30-37-25(36)31(20)24)21(32)28-18-7-4-14-9-15(23(34)35)3-5-16(14)18/h2-3,5-6,8-10,18H,4,7,11H2,1H3,(H,27,33)(H,28,32)(H,34,35)/t18-/m0/s1. The summed E-state index contributed by atoms with van der Waals surface area (Å²) >= 11 is 0. The lowest BCUT2D eigenvalue weighted by Gasteiger charge is -2.14. The number of rotatable bonds is 6. The Kier molecular flexibility index (Phi) is 5.99. The van der Waals surface area contributed by atoms with Gasteiger partial charge in [0.25, 0.3) is 17.6 Å². The number of carbonyl (C=O) groups is 3. The third-order valence-corrected chi connectivity index (χ3v) is 6.24. The van der Waals surface area contributed by atoms with Gasteiger partial charge in [-0.2, -0.15) is 0 Å². The molecule has 4 aromatic rings. The van der Waals surface area contributed by atoms with E-state index in [0.29, 0.717) is 24.0 Å². The summed E-state index contributed by atoms with van der Waals surface area (Å²) in [6.07, 6.45) is 1.14. The molecule has 2 aromatic heterocycles. The number of nitrogens with one attached hydrogen (secondary N) is 2. The van der Waals surface area contributed by atoms with Crippen LogP contribution in [0.2, 0.25) is 0 Å². The number of carboxylic acid groups (broad SMARTS) is 1. The summed E-state index contributed by atoms with van der Waals surface area (Å²) in [5, 5.41) is 18.2. The summed E-state index contributed by atoms with van der Waals surface area (Å²) in [7, 11) is 0. The van der Waals surface area contributed by atoms with Gasteiger partial charge in [-0.1, -0.05) is 18.2 Å². The number of amides is 2. The highest BCUT2D eigenvalue weighted by Gasteiger charge is 2.27. The first-order chi connectivity index (χ1) is 17.7. The molecule has 11 nitrogen and oxygen atoms in total. The zero-order chi connectivity index (χ0) is 26.3. The van der Waals surface area contributed by atoms with Crippen molar-refractivity contribution in [3.8, 4) is 0 Å². The predicted octanol–water partition coefficient (Wildman–Crippen LogP) is 2.18. The highest BCUT2D eigenvalue weighted by molar-refractivity contribution is 5.98. The first-order valence-corrected chi connectivity index (χ1v) is 11.3. The van der Waals surface area contributed by atoms with Crippen LogP contribution in [-0.2, 0) is 13.0 Å². The maximum absolute atomic E-state index is 13.5. The Morgan fingerprint density at radius 2 is 1.97 bits per heavy atom. The summed E-state index contributed by atoms with van der Waals surface area (Å²) in [6, 6.07) is 9.90. The molecule has 2 heterocycles. The van der Waals surface area contributed by atoms with Crippen molar-refractivity contribution in [2.45, 2.75) is 32.4 Å². The smallest absolute Gasteiger partial charge is 0.448 e. The molecule has 2 aromatic carbocycles. The maximum atomic E-state index is 13.5. The first-order valence-electron chi connectivity index (χ1n) is 11.3. The van der Waals surface area contributed by atoms with Crippen LogP contribution in [0.25, 0.3) is 5.78 Å². The highest BCUT2D eigenvalue weighted by Crippen LogP contribution is 2.32. The Labute approximate surface area is 207 Å². The average molecular weight is 505 g/mol. The molecule has 188 valence electrons. The Balaban J connectivity index is 1.39. The molecule has 0 aliphatic heterocycles. The van der Waals surface area contributed by atoms with Crippen LogP contribution in [0.4, 0.5) is 4.39 Å². The molecule has 0 saturated carbocycles. The minimum Gasteiger partial charge on any atom is -0.478 e. The van der Waals surface area contributed by atoms with Crippen LogP contribution in [0, 0.1) is 12.7 Å². The predicted molar refractivity (Wildman–Crippen MR) is 126 cm³/mol. The van der Waals surface area contributed by atoms with Gasteiger partial charge in [0, 0.05) is 6.54 Å². The molecule has 0 bridgehead atoms. The average Bonchev–Trinajstić information content (AvgIpc) is 3.46. The van der Waals surface area contributed by atoms with Gasteiger partial charge in [-0.3, -0.25) is 14.1 Å². The fraction of sp³-hybridized carbons (Fsp3) is 0.200. The Morgan fingerprint density at radius 3 is 2.73 bits per heavy atom. The fourth-order valence-corrected chi connectivity index (χ4v) is 4.36. The second-order valence-corrected chi connectivity index (χ2v) is 8.66. The van der Waals surface area contributed by atoms with E-state index in [9.17, 15) is 28.7 Å². The molecule has 12 heteroatoms. The molecule has 1 aliphatic rings. The number of carboxylic acids is 1. The van der Waals surface area contributed by atoms with Gasteiger partial charge in [-0.05, 0) is 71.4 Å². The lowest BCUT2D eigenvalue weighted by atomic mass is 10.0. The molecule has 0 fully saturated rings. The number of carbonyl (C=O) groups excluding carboxylic acids is 2. The second-order valence-electron chi connectivity index (χ2n) is 8.66. The van der Waals surface area contributed by atoms with Crippen LogP contribution in [0.15, 0.2) is 51.8 Å². The second kappa shape index (κ2) is 9.30. The van der Waals surface area contributed by atoms with Gasteiger partial charge in [-0.25, -0.2) is 23.4 Å². The SMILES string of the molecule is Cc1cc(CNC(=O)c2cc(C(=O)N[C@H]3CCc4cc(C(=O)O)ccc43)nc3noc(=O)n23)ccc1F. The third-order valence-electron chi connectivity index (χ3n) is 6.24. The Bertz CT molecular complexity index is 1640. The van der Waals surface area contributed by atoms with E-state index in [-0.39, 0.29) is 41.1 Å². The number of aromatic nitrogens is 3. The third kappa shape index (κ3) is 4.56. The van der Waals surface area contributed by atoms with Gasteiger partial charge in [-0.15, -0.1) is 0 Å². The van der Waals surface area contributed by atoms with Crippen LogP contribution < -0.4 is 16.4 Å². The lowest BCUT2D eigenvalue weighted by molar-refractivity contribution is 0.0696. The molecule has 2 amide bonds. The van der Waals surface area contributed by atoms with Crippen molar-refractivity contribution >= 4 is 23.6 Å². The number of aromatic carboxylic acids is 1. The number of benzene rings is 2. The lowest BCUT2D eigenvalue weighted by Crippen LogP contribution is -2.31. The van der Waals surface area contributed by atoms with Crippen molar-refractivity contribution in [1.82, 2.24) is 25.2 Å². The van der Waals surface area contributed by atoms with E-state index in [2.05, 4.69) is 25.3 Å². The summed E-state index contributed by atoms with van der Waals surface area (Å²) in [5.41, 5.74) is 2.47. The number of hydrogen-bond acceptors (Lipinski definition) is 7. The van der Waals surface area contributed by atoms with Crippen molar-refractivity contribution in [3.05, 3.63) is 98.0 Å². The highest BCUT2D eigenvalue weighted by atomic mass is 19.1. The summed E-state index contributed by atoms with van der Waals surface area (Å²) in [5.74, 6) is -3.92. The number of nitrogens with zero attached hydrogens (tertiary/aromatic N) is 3. The van der Waals surface area contributed by atoms with Gasteiger partial charge in [0.15, 0.2) is 0 Å². The summed E-state index contributed by atoms with van der Waals surface area (Å²) in [4.78, 5) is 53.5. The Hall–Kier alpha value is -4.87. The quantitative estimate of drug-likeness (QED) is 0.360. The molecule has 0 spiro atoms. The minimum absolute atomic E-state index is 0.0442. The molecular formula is C25H20FN5O6. The van der Waals surface area contributed by atoms with Crippen molar-refractivity contribution in [2.75, 3.05) is 0 Å². The van der Waals surface area contributed by atoms with Crippen molar-refractivity contribution in [1.29, 1.82) is 0 Å². The van der Waals surface area contributed by atoms with Crippen LogP contribution in [0.5, 0.6) is 0 Å². The Morgan fingerprint density at radius 1 is 1.16 bits per heavy atom. The normalized spacial score (nSPS) is 14.4. The molecule has 37 heavy (non-hydrogen) atoms. The fourth-order valence-electron chi connectivity index (χ4n) is 4.36. The van der Waals surface area contributed by atoms with Crippen LogP contribution in [-0.4, -0.2) is 37.4 Å². The monoisotopic (exact) mass is 505 g/mol. The van der Waals surface area contributed by atoms with E-state index >= 15 is 0 Å². The molecule has 0 unspecified atom stereocenters. The largest absolute Gasteiger partial charge is 0.478 e. The van der Waals surface area contributed by atoms with E-state index in [0.717, 1.165) is 21.6 Å². The number of hydrogen-bond donors (Lipinski definition) is 3. The zero-order valence-corrected chi connectivity index (χ0v) is 19.4. The molecule has 0 radical (unpaired) electrons. The van der Waals surface area contributed by atoms with E-state index in [1.54, 1.807) is 25.1 Å². The van der Waals surface area contributed by atoms with Gasteiger partial charge < -0.3 is 15.7 Å². The van der Waals surface area contributed by atoms with Crippen LogP contribution in [0.3, 0.4) is 0 Å². The number of fused-ring (bicyclic) bond motifs is 2. The van der Waals surface area contributed by atoms with E-state index < -0.39 is 23.5 Å². The van der Waals surface area contributed by atoms with E-state index in [4.69, 9.17) is 0 Å². The maximum Gasteiger partial charge on any atom is 0.448 e. The molecule has 1 atom stereocenters. The van der Waals surface area contributed by atoms with E-state index in [1.165, 1.54) is 18.2 Å². The van der Waals surface area contributed by atoms with Gasteiger partial charge in [0.2, 0.25) is 0 Å². The van der Waals surface area contributed by atoms with Crippen molar-refractivity contribution in [2.24, 2.45) is 0 Å². The first kappa shape index (κ1) is 23.9. The molecule has 3 N–H and O–H groups in total. The molecule has 0 saturated heterocycles. The summed E-state index contributed by atoms with van der Waals surface area (Å²) < 4.78 is 19.0. The van der Waals surface area contributed by atoms with Crippen LogP contribution >= 0.6 is 0 Å². The summed E-state index contributed by atoms with van der Waals surface area (Å²) in [6.45, 7) is 1.64. The molecule has 5 rings (SSSR count). The number of halogens is 1. The minimum atomic E-state index is -1.03. The van der Waals surface area contributed by atoms with E-state index in [1.807, 2.05) is 0 Å². The van der Waals surface area contributed by atoms with Gasteiger partial charge in [0.05, 0.1) is 11.6 Å². The van der Waals surface area contributed by atoms with Crippen molar-refractivity contribution < 1.29 is 28.4 Å². The van der Waals surface area contributed by atoms with Gasteiger partial charge >= 0.3 is 11.7 Å².